The molecule has 2 aromatic carbocycles. The third-order valence-electron chi connectivity index (χ3n) is 2.23. The van der Waals surface area contributed by atoms with Gasteiger partial charge in [0, 0.05) is 23.6 Å². The first-order valence-electron chi connectivity index (χ1n) is 5.17. The maximum Gasteiger partial charge on any atom is 0.110 e. The van der Waals surface area contributed by atoms with Crippen LogP contribution in [0.5, 0.6) is 0 Å². The third-order valence-corrected chi connectivity index (χ3v) is 2.66. The summed E-state index contributed by atoms with van der Waals surface area (Å²) < 4.78 is 0. The van der Waals surface area contributed by atoms with Crippen LogP contribution in [0.3, 0.4) is 0 Å². The molecule has 0 radical (unpaired) electrons. The van der Waals surface area contributed by atoms with Gasteiger partial charge in [0.05, 0.1) is 17.1 Å². The first-order chi connectivity index (χ1) is 8.83. The average molecular weight is 281 g/mol. The van der Waals surface area contributed by atoms with Crippen LogP contribution in [0.1, 0.15) is 0 Å². The lowest BCUT2D eigenvalue weighted by Gasteiger charge is -2.01. The minimum atomic E-state index is 0.664. The van der Waals surface area contributed by atoms with Crippen molar-refractivity contribution in [3.63, 3.8) is 0 Å². The highest BCUT2D eigenvalue weighted by Crippen LogP contribution is 2.27. The van der Waals surface area contributed by atoms with Crippen LogP contribution in [0.25, 0.3) is 0 Å². The Bertz CT molecular complexity index is 557. The van der Waals surface area contributed by atoms with Crippen LogP contribution in [0.2, 0.25) is 0 Å². The minimum Gasteiger partial charge on any atom is -0.298 e. The van der Waals surface area contributed by atoms with Crippen LogP contribution in [-0.4, -0.2) is 0 Å². The molecule has 6 heteroatoms. The van der Waals surface area contributed by atoms with Crippen LogP contribution in [-0.2, 0) is 0 Å². The Labute approximate surface area is 115 Å². The number of rotatable bonds is 4. The maximum atomic E-state index is 5.58. The van der Waals surface area contributed by atoms with E-state index in [2.05, 4.69) is 19.9 Å². The Morgan fingerprint density at radius 1 is 0.833 bits per heavy atom. The molecule has 0 atom stereocenters. The van der Waals surface area contributed by atoms with Crippen molar-refractivity contribution < 1.29 is 0 Å². The molecule has 0 aromatic heterocycles. The largest absolute Gasteiger partial charge is 0.298 e. The van der Waals surface area contributed by atoms with Crippen LogP contribution >= 0.6 is 23.6 Å². The number of hydrogen-bond acceptors (Lipinski definition) is 4. The summed E-state index contributed by atoms with van der Waals surface area (Å²) in [5.74, 6) is 0. The molecule has 0 bridgehead atoms. The van der Waals surface area contributed by atoms with Crippen LogP contribution in [0, 0.1) is 0 Å². The van der Waals surface area contributed by atoms with Gasteiger partial charge in [-0.2, -0.15) is 5.11 Å². The highest BCUT2D eigenvalue weighted by atomic mass is 35.5. The van der Waals surface area contributed by atoms with Gasteiger partial charge in [-0.3, -0.25) is 9.67 Å². The van der Waals surface area contributed by atoms with Gasteiger partial charge < -0.3 is 0 Å². The molecule has 0 unspecified atom stereocenters. The second-order valence-electron chi connectivity index (χ2n) is 3.46. The highest BCUT2D eigenvalue weighted by molar-refractivity contribution is 6.24. The molecule has 0 saturated heterocycles. The lowest BCUT2D eigenvalue weighted by atomic mass is 10.3. The van der Waals surface area contributed by atoms with Gasteiger partial charge in [0.1, 0.15) is 5.69 Å². The lowest BCUT2D eigenvalue weighted by Crippen LogP contribution is -1.79. The fourth-order valence-corrected chi connectivity index (χ4v) is 1.66. The van der Waals surface area contributed by atoms with Gasteiger partial charge in [-0.25, -0.2) is 0 Å². The second-order valence-corrected chi connectivity index (χ2v) is 3.83. The smallest absolute Gasteiger partial charge is 0.110 e. The molecule has 0 amide bonds. The van der Waals surface area contributed by atoms with E-state index in [0.29, 0.717) is 17.1 Å². The Morgan fingerprint density at radius 3 is 2.44 bits per heavy atom. The number of halogens is 2. The molecular formula is C12H10Cl2N4. The topological polar surface area (TPSA) is 48.8 Å². The van der Waals surface area contributed by atoms with Gasteiger partial charge in [0.2, 0.25) is 0 Å². The molecule has 0 spiro atoms. The molecular weight excluding hydrogens is 271 g/mol. The van der Waals surface area contributed by atoms with E-state index in [1.165, 1.54) is 0 Å². The van der Waals surface area contributed by atoms with Gasteiger partial charge in [-0.1, -0.05) is 18.2 Å². The summed E-state index contributed by atoms with van der Waals surface area (Å²) in [6.07, 6.45) is 0. The van der Waals surface area contributed by atoms with E-state index in [4.69, 9.17) is 23.6 Å². The molecule has 92 valence electrons. The number of nitrogens with one attached hydrogen (secondary N) is 2. The number of nitrogens with zero attached hydrogens (tertiary/aromatic N) is 2. The summed E-state index contributed by atoms with van der Waals surface area (Å²) in [5, 5.41) is 8.25. The predicted molar refractivity (Wildman–Crippen MR) is 76.0 cm³/mol. The SMILES string of the molecule is ClNc1cccc(/N=N/c2ccccc2NCl)c1. The number of para-hydroxylation sites is 1. The fourth-order valence-electron chi connectivity index (χ4n) is 1.38. The molecule has 2 N–H and O–H groups in total. The fraction of sp³-hybridized carbons (Fsp3) is 0. The standard InChI is InChI=1S/C12H10Cl2N4/c13-15-9-4-3-5-10(8-9)17-18-12-7-2-1-6-11(12)16-14/h1-8,15-16H/b18-17+. The highest BCUT2D eigenvalue weighted by Gasteiger charge is 1.98. The van der Waals surface area contributed by atoms with Gasteiger partial charge >= 0.3 is 0 Å². The number of hydrogen-bond donors (Lipinski definition) is 2. The molecule has 0 aliphatic heterocycles. The van der Waals surface area contributed by atoms with E-state index < -0.39 is 0 Å². The molecule has 0 fully saturated rings. The first-order valence-corrected chi connectivity index (χ1v) is 5.93. The normalized spacial score (nSPS) is 10.6. The Morgan fingerprint density at radius 2 is 1.67 bits per heavy atom. The van der Waals surface area contributed by atoms with E-state index in [9.17, 15) is 0 Å². The zero-order valence-electron chi connectivity index (χ0n) is 9.27. The van der Waals surface area contributed by atoms with E-state index >= 15 is 0 Å². The minimum absolute atomic E-state index is 0.664. The molecule has 0 aliphatic rings. The van der Waals surface area contributed by atoms with E-state index in [1.54, 1.807) is 6.07 Å². The number of benzene rings is 2. The molecule has 0 heterocycles. The van der Waals surface area contributed by atoms with Gasteiger partial charge in [-0.05, 0) is 30.3 Å². The number of azo groups is 1. The van der Waals surface area contributed by atoms with Gasteiger partial charge in [0.25, 0.3) is 0 Å². The maximum absolute atomic E-state index is 5.58. The van der Waals surface area contributed by atoms with Crippen molar-refractivity contribution in [1.82, 2.24) is 0 Å². The van der Waals surface area contributed by atoms with Crippen molar-refractivity contribution >= 4 is 46.3 Å². The molecule has 0 saturated carbocycles. The van der Waals surface area contributed by atoms with Gasteiger partial charge in [-0.15, -0.1) is 5.11 Å². The van der Waals surface area contributed by atoms with Crippen molar-refractivity contribution in [2.45, 2.75) is 0 Å². The van der Waals surface area contributed by atoms with E-state index in [-0.39, 0.29) is 0 Å². The molecule has 4 nitrogen and oxygen atoms in total. The Kier molecular flexibility index (Phi) is 4.39. The zero-order valence-corrected chi connectivity index (χ0v) is 10.8. The zero-order chi connectivity index (χ0) is 12.8. The van der Waals surface area contributed by atoms with E-state index in [0.717, 1.165) is 5.69 Å². The average Bonchev–Trinajstić information content (AvgIpc) is 2.45. The number of anilines is 2. The lowest BCUT2D eigenvalue weighted by molar-refractivity contribution is 1.23. The van der Waals surface area contributed by atoms with Crippen molar-refractivity contribution in [2.24, 2.45) is 10.2 Å². The Balaban J connectivity index is 2.24. The Hall–Kier alpha value is -1.78. The van der Waals surface area contributed by atoms with Crippen LogP contribution < -0.4 is 9.67 Å². The first kappa shape index (κ1) is 12.7. The van der Waals surface area contributed by atoms with Crippen LogP contribution in [0.4, 0.5) is 22.7 Å². The molecule has 0 aliphatic carbocycles. The summed E-state index contributed by atoms with van der Waals surface area (Å²) >= 11 is 11.1. The summed E-state index contributed by atoms with van der Waals surface area (Å²) in [6.45, 7) is 0. The molecule has 2 aromatic rings. The van der Waals surface area contributed by atoms with Crippen molar-refractivity contribution in [1.29, 1.82) is 0 Å². The molecule has 2 rings (SSSR count). The van der Waals surface area contributed by atoms with Gasteiger partial charge in [0.15, 0.2) is 0 Å². The monoisotopic (exact) mass is 280 g/mol. The summed E-state index contributed by atoms with van der Waals surface area (Å²) in [6, 6.07) is 14.6. The van der Waals surface area contributed by atoms with Crippen molar-refractivity contribution in [3.05, 3.63) is 48.5 Å². The van der Waals surface area contributed by atoms with Crippen molar-refractivity contribution in [3.8, 4) is 0 Å². The van der Waals surface area contributed by atoms with Crippen molar-refractivity contribution in [2.75, 3.05) is 9.67 Å². The summed E-state index contributed by atoms with van der Waals surface area (Å²) in [7, 11) is 0. The van der Waals surface area contributed by atoms with Crippen LogP contribution in [0.15, 0.2) is 58.8 Å². The quantitative estimate of drug-likeness (QED) is 0.595. The summed E-state index contributed by atoms with van der Waals surface area (Å²) in [4.78, 5) is 5.06. The molecule has 18 heavy (non-hydrogen) atoms. The predicted octanol–water partition coefficient (Wildman–Crippen LogP) is 5.23. The third kappa shape index (κ3) is 3.12. The van der Waals surface area contributed by atoms with E-state index in [1.807, 2.05) is 42.5 Å². The second kappa shape index (κ2) is 6.23. The summed E-state index contributed by atoms with van der Waals surface area (Å²) in [5.41, 5.74) is 2.83.